The van der Waals surface area contributed by atoms with Crippen molar-refractivity contribution in [2.75, 3.05) is 26.2 Å². The normalized spacial score (nSPS) is 28.5. The van der Waals surface area contributed by atoms with Gasteiger partial charge in [0.05, 0.1) is 0 Å². The van der Waals surface area contributed by atoms with Gasteiger partial charge in [0, 0.05) is 31.6 Å². The van der Waals surface area contributed by atoms with Crippen molar-refractivity contribution in [3.8, 4) is 0 Å². The number of hydrogen-bond donors (Lipinski definition) is 2. The van der Waals surface area contributed by atoms with Gasteiger partial charge in [-0.25, -0.2) is 0 Å². The van der Waals surface area contributed by atoms with Crippen LogP contribution < -0.4 is 10.6 Å². The van der Waals surface area contributed by atoms with E-state index in [9.17, 15) is 4.79 Å². The molecular weight excluding hydrogens is 262 g/mol. The first-order valence-electron chi connectivity index (χ1n) is 8.90. The molecule has 2 N–H and O–H groups in total. The molecule has 0 radical (unpaired) electrons. The van der Waals surface area contributed by atoms with Gasteiger partial charge in [0.1, 0.15) is 0 Å². The zero-order valence-electron chi connectivity index (χ0n) is 13.9. The summed E-state index contributed by atoms with van der Waals surface area (Å²) in [7, 11) is 0. The minimum absolute atomic E-state index is 0.242. The molecule has 2 rings (SSSR count). The van der Waals surface area contributed by atoms with Crippen LogP contribution in [0.15, 0.2) is 0 Å². The van der Waals surface area contributed by atoms with Crippen LogP contribution in [0.4, 0.5) is 0 Å². The monoisotopic (exact) mass is 295 g/mol. The maximum absolute atomic E-state index is 11.9. The molecular formula is C17H33N3O. The van der Waals surface area contributed by atoms with Gasteiger partial charge in [0.2, 0.25) is 5.91 Å². The minimum atomic E-state index is 0.242. The first kappa shape index (κ1) is 16.8. The number of carbonyl (C=O) groups excluding carboxylic acids is 1. The maximum atomic E-state index is 11.9. The number of nitrogens with one attached hydrogen (secondary N) is 2. The lowest BCUT2D eigenvalue weighted by Crippen LogP contribution is -2.47. The van der Waals surface area contributed by atoms with E-state index in [-0.39, 0.29) is 5.91 Å². The number of piperidine rings is 2. The third-order valence-electron chi connectivity index (χ3n) is 5.31. The number of nitrogens with zero attached hydrogens (tertiary/aromatic N) is 1. The Morgan fingerprint density at radius 1 is 1.14 bits per heavy atom. The summed E-state index contributed by atoms with van der Waals surface area (Å²) in [5, 5.41) is 6.49. The lowest BCUT2D eigenvalue weighted by Gasteiger charge is -2.39. The molecule has 0 spiro atoms. The molecule has 0 saturated carbocycles. The van der Waals surface area contributed by atoms with E-state index in [0.29, 0.717) is 18.5 Å². The summed E-state index contributed by atoms with van der Waals surface area (Å²) in [6.45, 7) is 8.68. The second kappa shape index (κ2) is 8.74. The largest absolute Gasteiger partial charge is 0.355 e. The number of likely N-dealkylation sites (tertiary alicyclic amines) is 1. The molecule has 21 heavy (non-hydrogen) atoms. The van der Waals surface area contributed by atoms with E-state index >= 15 is 0 Å². The van der Waals surface area contributed by atoms with Gasteiger partial charge in [0.15, 0.2) is 0 Å². The van der Waals surface area contributed by atoms with E-state index in [1.54, 1.807) is 0 Å². The molecule has 122 valence electrons. The highest BCUT2D eigenvalue weighted by Gasteiger charge is 2.24. The molecule has 4 heteroatoms. The first-order chi connectivity index (χ1) is 10.2. The summed E-state index contributed by atoms with van der Waals surface area (Å²) < 4.78 is 0. The van der Waals surface area contributed by atoms with Gasteiger partial charge < -0.3 is 10.6 Å². The lowest BCUT2D eigenvalue weighted by molar-refractivity contribution is -0.121. The highest BCUT2D eigenvalue weighted by molar-refractivity contribution is 5.75. The number of rotatable bonds is 6. The van der Waals surface area contributed by atoms with Crippen LogP contribution in [0.2, 0.25) is 0 Å². The average Bonchev–Trinajstić information content (AvgIpc) is 2.49. The van der Waals surface area contributed by atoms with Crippen LogP contribution in [0.5, 0.6) is 0 Å². The second-order valence-electron chi connectivity index (χ2n) is 6.95. The fourth-order valence-electron chi connectivity index (χ4n) is 3.83. The molecule has 0 bridgehead atoms. The average molecular weight is 295 g/mol. The Balaban J connectivity index is 1.58. The van der Waals surface area contributed by atoms with Crippen molar-refractivity contribution in [2.24, 2.45) is 5.92 Å². The molecule has 2 heterocycles. The van der Waals surface area contributed by atoms with Gasteiger partial charge in [-0.05, 0) is 65.0 Å². The minimum Gasteiger partial charge on any atom is -0.355 e. The van der Waals surface area contributed by atoms with E-state index in [1.165, 1.54) is 32.1 Å². The van der Waals surface area contributed by atoms with Gasteiger partial charge in [0.25, 0.3) is 0 Å². The number of amides is 1. The Labute approximate surface area is 130 Å². The van der Waals surface area contributed by atoms with Crippen LogP contribution in [-0.2, 0) is 4.79 Å². The SMILES string of the molecule is CC1CCCC(C)N1CCNC(=O)CCC1CCNCC1. The summed E-state index contributed by atoms with van der Waals surface area (Å²) in [5.74, 6) is 0.991. The molecule has 4 nitrogen and oxygen atoms in total. The van der Waals surface area contributed by atoms with Crippen molar-refractivity contribution in [3.63, 3.8) is 0 Å². The predicted molar refractivity (Wildman–Crippen MR) is 87.3 cm³/mol. The summed E-state index contributed by atoms with van der Waals surface area (Å²) in [6, 6.07) is 1.33. The molecule has 2 fully saturated rings. The zero-order chi connectivity index (χ0) is 15.1. The van der Waals surface area contributed by atoms with Crippen molar-refractivity contribution in [1.29, 1.82) is 0 Å². The Morgan fingerprint density at radius 3 is 2.48 bits per heavy atom. The van der Waals surface area contributed by atoms with E-state index in [1.807, 2.05) is 0 Å². The van der Waals surface area contributed by atoms with E-state index in [4.69, 9.17) is 0 Å². The van der Waals surface area contributed by atoms with Crippen LogP contribution in [0.3, 0.4) is 0 Å². The summed E-state index contributed by atoms with van der Waals surface area (Å²) >= 11 is 0. The van der Waals surface area contributed by atoms with Crippen LogP contribution in [-0.4, -0.2) is 49.1 Å². The van der Waals surface area contributed by atoms with Crippen LogP contribution >= 0.6 is 0 Å². The van der Waals surface area contributed by atoms with Crippen molar-refractivity contribution in [3.05, 3.63) is 0 Å². The molecule has 0 aromatic heterocycles. The highest BCUT2D eigenvalue weighted by Crippen LogP contribution is 2.21. The van der Waals surface area contributed by atoms with Crippen molar-refractivity contribution >= 4 is 5.91 Å². The van der Waals surface area contributed by atoms with E-state index < -0.39 is 0 Å². The summed E-state index contributed by atoms with van der Waals surface area (Å²) in [4.78, 5) is 14.5. The maximum Gasteiger partial charge on any atom is 0.220 e. The Morgan fingerprint density at radius 2 is 1.81 bits per heavy atom. The Kier molecular flexibility index (Phi) is 6.97. The fraction of sp³-hybridized carbons (Fsp3) is 0.941. The molecule has 2 aliphatic heterocycles. The van der Waals surface area contributed by atoms with Crippen LogP contribution in [0, 0.1) is 5.92 Å². The third kappa shape index (κ3) is 5.59. The molecule has 2 unspecified atom stereocenters. The molecule has 2 aliphatic rings. The number of carbonyl (C=O) groups is 1. The van der Waals surface area contributed by atoms with Gasteiger partial charge in [-0.2, -0.15) is 0 Å². The van der Waals surface area contributed by atoms with E-state index in [2.05, 4.69) is 29.4 Å². The third-order valence-corrected chi connectivity index (χ3v) is 5.31. The lowest BCUT2D eigenvalue weighted by atomic mass is 9.93. The standard InChI is InChI=1S/C17H33N3O/c1-14-4-3-5-15(2)20(14)13-12-19-17(21)7-6-16-8-10-18-11-9-16/h14-16,18H,3-13H2,1-2H3,(H,19,21). The molecule has 1 amide bonds. The molecule has 0 aromatic rings. The number of hydrogen-bond acceptors (Lipinski definition) is 3. The Hall–Kier alpha value is -0.610. The molecule has 0 aliphatic carbocycles. The predicted octanol–water partition coefficient (Wildman–Crippen LogP) is 2.15. The van der Waals surface area contributed by atoms with Crippen molar-refractivity contribution < 1.29 is 4.79 Å². The Bertz CT molecular complexity index is 305. The summed E-state index contributed by atoms with van der Waals surface area (Å²) in [6.07, 6.45) is 8.18. The van der Waals surface area contributed by atoms with Gasteiger partial charge in [-0.15, -0.1) is 0 Å². The van der Waals surface area contributed by atoms with Gasteiger partial charge in [-0.1, -0.05) is 6.42 Å². The quantitative estimate of drug-likeness (QED) is 0.789. The van der Waals surface area contributed by atoms with E-state index in [0.717, 1.165) is 38.5 Å². The smallest absolute Gasteiger partial charge is 0.220 e. The van der Waals surface area contributed by atoms with Crippen LogP contribution in [0.1, 0.15) is 58.8 Å². The first-order valence-corrected chi connectivity index (χ1v) is 8.90. The molecule has 2 saturated heterocycles. The summed E-state index contributed by atoms with van der Waals surface area (Å²) in [5.41, 5.74) is 0. The van der Waals surface area contributed by atoms with Gasteiger partial charge >= 0.3 is 0 Å². The zero-order valence-corrected chi connectivity index (χ0v) is 13.9. The van der Waals surface area contributed by atoms with Gasteiger partial charge in [-0.3, -0.25) is 9.69 Å². The van der Waals surface area contributed by atoms with Crippen molar-refractivity contribution in [1.82, 2.24) is 15.5 Å². The molecule has 2 atom stereocenters. The fourth-order valence-corrected chi connectivity index (χ4v) is 3.83. The van der Waals surface area contributed by atoms with Crippen molar-refractivity contribution in [2.45, 2.75) is 70.9 Å². The topological polar surface area (TPSA) is 44.4 Å². The second-order valence-corrected chi connectivity index (χ2v) is 6.95. The highest BCUT2D eigenvalue weighted by atomic mass is 16.1. The molecule has 0 aromatic carbocycles. The van der Waals surface area contributed by atoms with Crippen LogP contribution in [0.25, 0.3) is 0 Å².